The summed E-state index contributed by atoms with van der Waals surface area (Å²) < 4.78 is 0. The molecule has 2 nitrogen and oxygen atoms in total. The first-order valence-electron chi connectivity index (χ1n) is 4.52. The van der Waals surface area contributed by atoms with Crippen molar-refractivity contribution < 1.29 is 0 Å². The number of aromatic nitrogens is 2. The summed E-state index contributed by atoms with van der Waals surface area (Å²) in [5.41, 5.74) is 3.30. The summed E-state index contributed by atoms with van der Waals surface area (Å²) in [6.45, 7) is 1.99. The number of hydrogen-bond donors (Lipinski definition) is 0. The van der Waals surface area contributed by atoms with Gasteiger partial charge in [-0.15, -0.1) is 0 Å². The first kappa shape index (κ1) is 8.88. The van der Waals surface area contributed by atoms with Crippen LogP contribution in [0.2, 0.25) is 0 Å². The molecule has 2 rings (SSSR count). The van der Waals surface area contributed by atoms with Gasteiger partial charge < -0.3 is 0 Å². The monoisotopic (exact) mass is 183 g/mol. The third-order valence-electron chi connectivity index (χ3n) is 1.94. The second-order valence-electron chi connectivity index (χ2n) is 3.16. The van der Waals surface area contributed by atoms with Gasteiger partial charge in [-0.3, -0.25) is 9.97 Å². The van der Waals surface area contributed by atoms with Crippen LogP contribution in [0.4, 0.5) is 0 Å². The molecule has 0 bridgehead atoms. The maximum Gasteiger partial charge on any atom is 0.0375 e. The molecule has 0 N–H and O–H groups in total. The minimum Gasteiger partial charge on any atom is -0.264 e. The molecule has 14 heavy (non-hydrogen) atoms. The van der Waals surface area contributed by atoms with Crippen LogP contribution >= 0.6 is 0 Å². The highest BCUT2D eigenvalue weighted by Gasteiger charge is 1.96. The number of hydrogen-bond acceptors (Lipinski definition) is 2. The molecule has 0 spiro atoms. The average Bonchev–Trinajstić information content (AvgIpc) is 2.19. The van der Waals surface area contributed by atoms with Crippen molar-refractivity contribution in [1.82, 2.24) is 9.97 Å². The summed E-state index contributed by atoms with van der Waals surface area (Å²) in [5.74, 6) is 0. The third kappa shape index (κ3) is 2.16. The van der Waals surface area contributed by atoms with Crippen molar-refractivity contribution in [2.24, 2.45) is 0 Å². The van der Waals surface area contributed by atoms with Crippen LogP contribution in [0.25, 0.3) is 0 Å². The van der Waals surface area contributed by atoms with E-state index in [2.05, 4.69) is 16.4 Å². The van der Waals surface area contributed by atoms with E-state index >= 15 is 0 Å². The second-order valence-corrected chi connectivity index (χ2v) is 3.16. The van der Waals surface area contributed by atoms with Crippen molar-refractivity contribution in [2.75, 3.05) is 0 Å². The van der Waals surface area contributed by atoms with Crippen LogP contribution in [0.3, 0.4) is 0 Å². The molecule has 2 heteroatoms. The minimum absolute atomic E-state index is 1.03. The molecule has 0 fully saturated rings. The van der Waals surface area contributed by atoms with Crippen LogP contribution in [0.5, 0.6) is 0 Å². The molecule has 1 radical (unpaired) electrons. The van der Waals surface area contributed by atoms with Gasteiger partial charge in [-0.25, -0.2) is 0 Å². The zero-order valence-electron chi connectivity index (χ0n) is 8.01. The number of rotatable bonds is 2. The number of nitrogens with zero attached hydrogens (tertiary/aromatic N) is 2. The highest BCUT2D eigenvalue weighted by molar-refractivity contribution is 5.34. The maximum atomic E-state index is 4.15. The van der Waals surface area contributed by atoms with Crippen LogP contribution < -0.4 is 0 Å². The van der Waals surface area contributed by atoms with Crippen LogP contribution in [0, 0.1) is 13.3 Å². The zero-order chi connectivity index (χ0) is 9.80. The smallest absolute Gasteiger partial charge is 0.0375 e. The first-order valence-corrected chi connectivity index (χ1v) is 4.52. The largest absolute Gasteiger partial charge is 0.264 e. The minimum atomic E-state index is 1.03. The Bertz CT molecular complexity index is 410. The Labute approximate surface area is 83.7 Å². The van der Waals surface area contributed by atoms with Crippen molar-refractivity contribution >= 4 is 0 Å². The SMILES string of the molecule is Cc1cc([CH]c2cccnc2)ccn1. The summed E-state index contributed by atoms with van der Waals surface area (Å²) in [5, 5.41) is 0. The molecule has 0 aliphatic carbocycles. The summed E-state index contributed by atoms with van der Waals surface area (Å²) in [4.78, 5) is 8.20. The lowest BCUT2D eigenvalue weighted by atomic mass is 10.1. The Morgan fingerprint density at radius 3 is 2.79 bits per heavy atom. The van der Waals surface area contributed by atoms with Gasteiger partial charge in [0.25, 0.3) is 0 Å². The predicted octanol–water partition coefficient (Wildman–Crippen LogP) is 2.39. The van der Waals surface area contributed by atoms with E-state index in [4.69, 9.17) is 0 Å². The molecule has 0 unspecified atom stereocenters. The van der Waals surface area contributed by atoms with E-state index in [0.29, 0.717) is 0 Å². The van der Waals surface area contributed by atoms with E-state index in [1.807, 2.05) is 43.6 Å². The van der Waals surface area contributed by atoms with E-state index in [1.54, 1.807) is 6.20 Å². The molecule has 0 aliphatic heterocycles. The maximum absolute atomic E-state index is 4.15. The van der Waals surface area contributed by atoms with Gasteiger partial charge in [-0.05, 0) is 36.2 Å². The Morgan fingerprint density at radius 1 is 1.14 bits per heavy atom. The van der Waals surface area contributed by atoms with Gasteiger partial charge in [0.1, 0.15) is 0 Å². The normalized spacial score (nSPS) is 10.1. The highest BCUT2D eigenvalue weighted by atomic mass is 14.6. The van der Waals surface area contributed by atoms with Gasteiger partial charge in [0, 0.05) is 30.7 Å². The lowest BCUT2D eigenvalue weighted by molar-refractivity contribution is 1.18. The average molecular weight is 183 g/mol. The van der Waals surface area contributed by atoms with Crippen molar-refractivity contribution in [2.45, 2.75) is 6.92 Å². The van der Waals surface area contributed by atoms with Crippen molar-refractivity contribution in [3.63, 3.8) is 0 Å². The predicted molar refractivity (Wildman–Crippen MR) is 55.7 cm³/mol. The Hall–Kier alpha value is -1.70. The Morgan fingerprint density at radius 2 is 2.07 bits per heavy atom. The fourth-order valence-electron chi connectivity index (χ4n) is 1.31. The molecular formula is C12H11N2. The highest BCUT2D eigenvalue weighted by Crippen LogP contribution is 2.10. The van der Waals surface area contributed by atoms with E-state index < -0.39 is 0 Å². The van der Waals surface area contributed by atoms with Crippen LogP contribution in [-0.2, 0) is 0 Å². The Kier molecular flexibility index (Phi) is 2.54. The molecule has 2 aromatic heterocycles. The number of aryl methyl sites for hydroxylation is 1. The standard InChI is InChI=1S/C12H11N2/c1-10-7-11(4-6-14-10)8-12-3-2-5-13-9-12/h2-9H,1H3. The third-order valence-corrected chi connectivity index (χ3v) is 1.94. The molecule has 0 saturated carbocycles. The topological polar surface area (TPSA) is 25.8 Å². The van der Waals surface area contributed by atoms with Gasteiger partial charge in [0.05, 0.1) is 0 Å². The zero-order valence-corrected chi connectivity index (χ0v) is 8.01. The molecule has 0 saturated heterocycles. The van der Waals surface area contributed by atoms with Crippen LogP contribution in [0.1, 0.15) is 16.8 Å². The molecular weight excluding hydrogens is 172 g/mol. The first-order chi connectivity index (χ1) is 6.84. The summed E-state index contributed by atoms with van der Waals surface area (Å²) in [7, 11) is 0. The summed E-state index contributed by atoms with van der Waals surface area (Å²) in [6, 6.07) is 8.00. The van der Waals surface area contributed by atoms with Gasteiger partial charge in [0.2, 0.25) is 0 Å². The van der Waals surface area contributed by atoms with Gasteiger partial charge in [-0.1, -0.05) is 6.07 Å². The second kappa shape index (κ2) is 4.01. The molecule has 0 aliphatic rings. The molecule has 0 amide bonds. The number of pyridine rings is 2. The van der Waals surface area contributed by atoms with E-state index in [1.165, 1.54) is 0 Å². The summed E-state index contributed by atoms with van der Waals surface area (Å²) in [6.07, 6.45) is 7.52. The quantitative estimate of drug-likeness (QED) is 0.714. The van der Waals surface area contributed by atoms with Crippen molar-refractivity contribution in [3.05, 3.63) is 66.1 Å². The molecule has 2 heterocycles. The van der Waals surface area contributed by atoms with Gasteiger partial charge in [0.15, 0.2) is 0 Å². The summed E-state index contributed by atoms with van der Waals surface area (Å²) >= 11 is 0. The van der Waals surface area contributed by atoms with Gasteiger partial charge in [-0.2, -0.15) is 0 Å². The van der Waals surface area contributed by atoms with Crippen molar-refractivity contribution in [3.8, 4) is 0 Å². The van der Waals surface area contributed by atoms with E-state index in [0.717, 1.165) is 16.8 Å². The van der Waals surface area contributed by atoms with Crippen molar-refractivity contribution in [1.29, 1.82) is 0 Å². The van der Waals surface area contributed by atoms with Crippen LogP contribution in [-0.4, -0.2) is 9.97 Å². The van der Waals surface area contributed by atoms with E-state index in [9.17, 15) is 0 Å². The fraction of sp³-hybridized carbons (Fsp3) is 0.0833. The lowest BCUT2D eigenvalue weighted by Gasteiger charge is -2.00. The molecule has 0 aromatic carbocycles. The van der Waals surface area contributed by atoms with E-state index in [-0.39, 0.29) is 0 Å². The molecule has 2 aromatic rings. The van der Waals surface area contributed by atoms with Crippen LogP contribution in [0.15, 0.2) is 42.9 Å². The fourth-order valence-corrected chi connectivity index (χ4v) is 1.31. The van der Waals surface area contributed by atoms with Gasteiger partial charge >= 0.3 is 0 Å². The molecule has 69 valence electrons. The Balaban J connectivity index is 2.19. The molecule has 0 atom stereocenters. The lowest BCUT2D eigenvalue weighted by Crippen LogP contribution is -1.88.